The second kappa shape index (κ2) is 19.3. The van der Waals surface area contributed by atoms with Crippen molar-refractivity contribution in [2.45, 2.75) is 108 Å². The van der Waals surface area contributed by atoms with Crippen molar-refractivity contribution in [2.75, 3.05) is 31.7 Å². The molecule has 0 saturated heterocycles. The van der Waals surface area contributed by atoms with Crippen LogP contribution in [0.25, 0.3) is 11.3 Å². The monoisotopic (exact) mass is 898 g/mol. The van der Waals surface area contributed by atoms with Gasteiger partial charge in [-0.15, -0.1) is 0 Å². The Morgan fingerprint density at radius 1 is 0.969 bits per heavy atom. The van der Waals surface area contributed by atoms with E-state index in [1.165, 1.54) is 22.4 Å². The molecule has 1 fully saturated rings. The van der Waals surface area contributed by atoms with Gasteiger partial charge in [-0.1, -0.05) is 55.8 Å². The number of pyridine rings is 2. The minimum absolute atomic E-state index is 0.0425. The summed E-state index contributed by atoms with van der Waals surface area (Å²) in [5.41, 5.74) is 7.05. The van der Waals surface area contributed by atoms with Crippen molar-refractivity contribution in [1.29, 1.82) is 0 Å². The number of hydrogen-bond donors (Lipinski definition) is 3. The number of carbonyl (C=O) groups excluding carboxylic acids is 1. The summed E-state index contributed by atoms with van der Waals surface area (Å²) in [6, 6.07) is 27.5. The number of aliphatic carboxylic acids is 1. The molecular weight excluding hydrogens is 840 g/mol. The van der Waals surface area contributed by atoms with Crippen LogP contribution >= 0.6 is 11.6 Å². The second-order valence-corrected chi connectivity index (χ2v) is 19.1. The molecule has 4 aliphatic rings. The van der Waals surface area contributed by atoms with E-state index in [-0.39, 0.29) is 17.2 Å². The molecule has 1 spiro atoms. The van der Waals surface area contributed by atoms with Crippen molar-refractivity contribution >= 4 is 29.2 Å². The Bertz CT molecular complexity index is 2520. The van der Waals surface area contributed by atoms with Gasteiger partial charge in [-0.3, -0.25) is 9.78 Å². The maximum Gasteiger partial charge on any atom is 0.329 e. The van der Waals surface area contributed by atoms with E-state index in [0.29, 0.717) is 106 Å². The number of rotatable bonds is 16. The quantitative estimate of drug-likeness (QED) is 0.0820. The summed E-state index contributed by atoms with van der Waals surface area (Å²) in [6.07, 6.45) is 10.3. The number of nitrogens with one attached hydrogen (secondary N) is 2. The number of carboxylic acids is 1. The SMILES string of the molecule is C[C@@H](COc1ccnc2c1[C@H](C)CCC2)CC1Cc2ccc(OCCCC(=O)NCc3cccc(-c4ccc5c(n4)OCCO5)c3)cc2C12CCC(Nc1cccc(Cl)c1)(C(=O)O)CC2. The van der Waals surface area contributed by atoms with Crippen molar-refractivity contribution in [3.63, 3.8) is 0 Å². The Morgan fingerprint density at radius 2 is 1.82 bits per heavy atom. The molecule has 9 rings (SSSR count). The maximum atomic E-state index is 13.1. The molecule has 1 amide bonds. The van der Waals surface area contributed by atoms with Crippen LogP contribution in [-0.4, -0.2) is 58.9 Å². The van der Waals surface area contributed by atoms with Crippen LogP contribution < -0.4 is 29.6 Å². The van der Waals surface area contributed by atoms with Crippen LogP contribution in [0.5, 0.6) is 23.1 Å². The molecule has 3 heterocycles. The summed E-state index contributed by atoms with van der Waals surface area (Å²) in [7, 11) is 0. The molecule has 1 unspecified atom stereocenters. The van der Waals surface area contributed by atoms with Crippen molar-refractivity contribution in [2.24, 2.45) is 11.8 Å². The van der Waals surface area contributed by atoms with Gasteiger partial charge in [-0.2, -0.15) is 0 Å². The van der Waals surface area contributed by atoms with Crippen LogP contribution in [0.1, 0.15) is 106 Å². The average molecular weight is 900 g/mol. The van der Waals surface area contributed by atoms with Crippen LogP contribution in [0.4, 0.5) is 5.69 Å². The summed E-state index contributed by atoms with van der Waals surface area (Å²) >= 11 is 6.33. The van der Waals surface area contributed by atoms with Gasteiger partial charge >= 0.3 is 5.97 Å². The molecule has 5 aromatic rings. The van der Waals surface area contributed by atoms with Gasteiger partial charge in [0.15, 0.2) is 5.75 Å². The molecule has 340 valence electrons. The fourth-order valence-corrected chi connectivity index (χ4v) is 11.0. The van der Waals surface area contributed by atoms with Crippen molar-refractivity contribution in [1.82, 2.24) is 15.3 Å². The normalized spacial score (nSPS) is 22.3. The van der Waals surface area contributed by atoms with E-state index in [4.69, 9.17) is 30.5 Å². The zero-order valence-electron chi connectivity index (χ0n) is 37.4. The predicted octanol–water partition coefficient (Wildman–Crippen LogP) is 10.5. The second-order valence-electron chi connectivity index (χ2n) is 18.6. The van der Waals surface area contributed by atoms with E-state index in [0.717, 1.165) is 60.4 Å². The van der Waals surface area contributed by atoms with E-state index in [9.17, 15) is 14.7 Å². The molecule has 3 atom stereocenters. The molecule has 0 bridgehead atoms. The highest BCUT2D eigenvalue weighted by Crippen LogP contribution is 2.57. The number of nitrogens with zero attached hydrogens (tertiary/aromatic N) is 2. The molecule has 3 aliphatic carbocycles. The smallest absolute Gasteiger partial charge is 0.329 e. The van der Waals surface area contributed by atoms with Crippen molar-refractivity contribution < 1.29 is 33.6 Å². The van der Waals surface area contributed by atoms with Gasteiger partial charge in [-0.25, -0.2) is 9.78 Å². The minimum atomic E-state index is -1.11. The first-order valence-corrected chi connectivity index (χ1v) is 23.7. The van der Waals surface area contributed by atoms with Crippen LogP contribution in [-0.2, 0) is 34.4 Å². The number of halogens is 1. The van der Waals surface area contributed by atoms with Crippen LogP contribution in [0.2, 0.25) is 5.02 Å². The van der Waals surface area contributed by atoms with Crippen LogP contribution in [0.3, 0.4) is 0 Å². The number of hydrogen-bond acceptors (Lipinski definition) is 9. The fourth-order valence-electron chi connectivity index (χ4n) is 10.8. The maximum absolute atomic E-state index is 13.1. The Kier molecular flexibility index (Phi) is 13.2. The summed E-state index contributed by atoms with van der Waals surface area (Å²) in [5.74, 6) is 3.00. The van der Waals surface area contributed by atoms with Gasteiger partial charge in [-0.05, 0) is 159 Å². The Hall–Kier alpha value is -5.81. The Morgan fingerprint density at radius 3 is 2.66 bits per heavy atom. The highest BCUT2D eigenvalue weighted by atomic mass is 35.5. The molecule has 3 N–H and O–H groups in total. The third-order valence-corrected chi connectivity index (χ3v) is 14.4. The van der Waals surface area contributed by atoms with E-state index < -0.39 is 11.5 Å². The van der Waals surface area contributed by atoms with Crippen LogP contribution in [0.15, 0.2) is 91.1 Å². The fraction of sp³-hybridized carbons (Fsp3) is 0.434. The standard InChI is InChI=1S/C53H59ClN4O7/c1-34(33-65-46-18-23-55-45-12-3-7-35(2)49(45)46)27-39-29-37-14-15-42(31-43(37)52(39)19-21-53(22-20-52,51(60)61)58-41-11-5-10-40(54)30-41)62-24-6-13-48(59)56-32-36-8-4-9-38(28-36)44-16-17-47-50(57-44)64-26-25-63-47/h4-5,8-11,14-18,23,28,30-31,34-35,39,58H,3,6-7,12-13,19-22,24-27,29,32-33H2,1-2H3,(H,56,59)(H,60,61)/t34-,35-,39?,52?,53?/m1/s1. The van der Waals surface area contributed by atoms with Crippen molar-refractivity contribution in [3.05, 3.63) is 124 Å². The lowest BCUT2D eigenvalue weighted by Crippen LogP contribution is -2.53. The number of aromatic nitrogens is 2. The van der Waals surface area contributed by atoms with Gasteiger partial charge in [0.2, 0.25) is 5.91 Å². The van der Waals surface area contributed by atoms with Gasteiger partial charge in [0.05, 0.1) is 18.9 Å². The van der Waals surface area contributed by atoms with E-state index in [1.54, 1.807) is 12.1 Å². The number of ether oxygens (including phenoxy) is 4. The topological polar surface area (TPSA) is 141 Å². The lowest BCUT2D eigenvalue weighted by atomic mass is 9.59. The van der Waals surface area contributed by atoms with E-state index in [1.807, 2.05) is 66.9 Å². The first-order valence-electron chi connectivity index (χ1n) is 23.3. The molecule has 2 aromatic heterocycles. The molecule has 1 aliphatic heterocycles. The van der Waals surface area contributed by atoms with Crippen molar-refractivity contribution in [3.8, 4) is 34.4 Å². The lowest BCUT2D eigenvalue weighted by molar-refractivity contribution is -0.144. The number of benzene rings is 3. The summed E-state index contributed by atoms with van der Waals surface area (Å²) in [5, 5.41) is 17.8. The minimum Gasteiger partial charge on any atom is -0.494 e. The number of fused-ring (bicyclic) bond motifs is 4. The van der Waals surface area contributed by atoms with Gasteiger partial charge in [0.25, 0.3) is 5.88 Å². The summed E-state index contributed by atoms with van der Waals surface area (Å²) in [4.78, 5) is 35.4. The predicted molar refractivity (Wildman–Crippen MR) is 251 cm³/mol. The molecule has 3 aromatic carbocycles. The number of carboxylic acid groups (broad SMARTS) is 1. The summed E-state index contributed by atoms with van der Waals surface area (Å²) in [6.45, 7) is 6.94. The molecule has 12 heteroatoms. The van der Waals surface area contributed by atoms with Gasteiger partial charge in [0.1, 0.15) is 30.3 Å². The number of aryl methyl sites for hydroxylation is 1. The average Bonchev–Trinajstić information content (AvgIpc) is 3.60. The molecule has 0 radical (unpaired) electrons. The Labute approximate surface area is 386 Å². The highest BCUT2D eigenvalue weighted by Gasteiger charge is 2.54. The Balaban J connectivity index is 0.844. The first kappa shape index (κ1) is 44.4. The van der Waals surface area contributed by atoms with E-state index in [2.05, 4.69) is 46.6 Å². The number of amides is 1. The van der Waals surface area contributed by atoms with E-state index >= 15 is 0 Å². The third kappa shape index (κ3) is 9.76. The molecule has 1 saturated carbocycles. The zero-order valence-corrected chi connectivity index (χ0v) is 38.1. The number of anilines is 1. The van der Waals surface area contributed by atoms with Gasteiger partial charge < -0.3 is 34.7 Å². The molecular formula is C53H59ClN4O7. The zero-order chi connectivity index (χ0) is 45.0. The summed E-state index contributed by atoms with van der Waals surface area (Å²) < 4.78 is 24.3. The third-order valence-electron chi connectivity index (χ3n) is 14.2. The molecule has 65 heavy (non-hydrogen) atoms. The van der Waals surface area contributed by atoms with Crippen LogP contribution in [0, 0.1) is 11.8 Å². The highest BCUT2D eigenvalue weighted by molar-refractivity contribution is 6.30. The van der Waals surface area contributed by atoms with Gasteiger partial charge in [0, 0.05) is 46.7 Å². The lowest BCUT2D eigenvalue weighted by Gasteiger charge is -2.47. The largest absolute Gasteiger partial charge is 0.494 e. The molecule has 11 nitrogen and oxygen atoms in total. The number of carbonyl (C=O) groups is 2. The first-order chi connectivity index (χ1) is 31.6.